The lowest BCUT2D eigenvalue weighted by atomic mass is 9.72. The zero-order valence-corrected chi connectivity index (χ0v) is 15.3. The molecule has 1 aliphatic carbocycles. The van der Waals surface area contributed by atoms with E-state index in [1.54, 1.807) is 0 Å². The van der Waals surface area contributed by atoms with Crippen molar-refractivity contribution in [1.82, 2.24) is 10.2 Å². The molecule has 4 unspecified atom stereocenters. The van der Waals surface area contributed by atoms with E-state index in [1.807, 2.05) is 0 Å². The molecule has 0 bridgehead atoms. The van der Waals surface area contributed by atoms with Gasteiger partial charge >= 0.3 is 0 Å². The minimum atomic E-state index is 0.736. The maximum absolute atomic E-state index is 3.79. The Kier molecular flexibility index (Phi) is 9.59. The van der Waals surface area contributed by atoms with Crippen molar-refractivity contribution in [1.29, 1.82) is 0 Å². The molecule has 1 fully saturated rings. The fourth-order valence-electron chi connectivity index (χ4n) is 4.07. The summed E-state index contributed by atoms with van der Waals surface area (Å²) < 4.78 is 0. The van der Waals surface area contributed by atoms with E-state index < -0.39 is 0 Å². The third kappa shape index (κ3) is 6.69. The number of nitrogens with one attached hydrogen (secondary N) is 1. The van der Waals surface area contributed by atoms with Crippen molar-refractivity contribution < 1.29 is 0 Å². The van der Waals surface area contributed by atoms with E-state index >= 15 is 0 Å². The molecule has 1 saturated carbocycles. The first-order valence-electron chi connectivity index (χ1n) is 9.57. The highest BCUT2D eigenvalue weighted by Crippen LogP contribution is 2.34. The van der Waals surface area contributed by atoms with Crippen LogP contribution in [-0.4, -0.2) is 37.1 Å². The molecule has 0 aromatic carbocycles. The van der Waals surface area contributed by atoms with Gasteiger partial charge in [-0.1, -0.05) is 47.5 Å². The highest BCUT2D eigenvalue weighted by Gasteiger charge is 2.34. The van der Waals surface area contributed by atoms with Gasteiger partial charge in [0.05, 0.1) is 0 Å². The van der Waals surface area contributed by atoms with Crippen molar-refractivity contribution in [2.24, 2.45) is 17.8 Å². The van der Waals surface area contributed by atoms with Crippen LogP contribution < -0.4 is 5.32 Å². The van der Waals surface area contributed by atoms with Crippen LogP contribution in [0.2, 0.25) is 0 Å². The summed E-state index contributed by atoms with van der Waals surface area (Å²) in [4.78, 5) is 2.76. The van der Waals surface area contributed by atoms with Gasteiger partial charge in [-0.2, -0.15) is 0 Å². The van der Waals surface area contributed by atoms with Gasteiger partial charge in [-0.3, -0.25) is 0 Å². The molecule has 0 saturated heterocycles. The van der Waals surface area contributed by atoms with Gasteiger partial charge in [0.15, 0.2) is 0 Å². The second-order valence-corrected chi connectivity index (χ2v) is 7.39. The molecule has 0 heterocycles. The van der Waals surface area contributed by atoms with Crippen LogP contribution in [0.25, 0.3) is 0 Å². The van der Waals surface area contributed by atoms with Gasteiger partial charge in [-0.25, -0.2) is 0 Å². The van der Waals surface area contributed by atoms with Crippen molar-refractivity contribution >= 4 is 0 Å². The molecule has 21 heavy (non-hydrogen) atoms. The van der Waals surface area contributed by atoms with Gasteiger partial charge in [0.1, 0.15) is 0 Å². The van der Waals surface area contributed by atoms with E-state index in [0.29, 0.717) is 0 Å². The molecule has 1 aliphatic rings. The van der Waals surface area contributed by atoms with Gasteiger partial charge < -0.3 is 10.2 Å². The first-order chi connectivity index (χ1) is 10.1. The summed E-state index contributed by atoms with van der Waals surface area (Å²) in [6, 6.07) is 0.736. The Balaban J connectivity index is 2.62. The first-order valence-corrected chi connectivity index (χ1v) is 9.57. The Morgan fingerprint density at radius 3 is 2.10 bits per heavy atom. The largest absolute Gasteiger partial charge is 0.314 e. The van der Waals surface area contributed by atoms with Crippen LogP contribution in [0, 0.1) is 17.8 Å². The Hall–Kier alpha value is -0.0800. The SMILES string of the molecule is CCCCN(CCCC)CC1C(C)CC(C)CC1NCC. The second-order valence-electron chi connectivity index (χ2n) is 7.39. The van der Waals surface area contributed by atoms with Crippen LogP contribution >= 0.6 is 0 Å². The molecule has 0 radical (unpaired) electrons. The smallest absolute Gasteiger partial charge is 0.0112 e. The average Bonchev–Trinajstić information content (AvgIpc) is 2.45. The third-order valence-corrected chi connectivity index (χ3v) is 5.27. The highest BCUT2D eigenvalue weighted by atomic mass is 15.1. The number of hydrogen-bond acceptors (Lipinski definition) is 2. The fourth-order valence-corrected chi connectivity index (χ4v) is 4.07. The van der Waals surface area contributed by atoms with Crippen LogP contribution in [0.5, 0.6) is 0 Å². The lowest BCUT2D eigenvalue weighted by molar-refractivity contribution is 0.100. The lowest BCUT2D eigenvalue weighted by Crippen LogP contribution is -2.49. The molecule has 0 spiro atoms. The molecule has 2 nitrogen and oxygen atoms in total. The van der Waals surface area contributed by atoms with E-state index in [-0.39, 0.29) is 0 Å². The summed E-state index contributed by atoms with van der Waals surface area (Å²) in [6.45, 7) is 16.8. The van der Waals surface area contributed by atoms with Gasteiger partial charge in [0.25, 0.3) is 0 Å². The van der Waals surface area contributed by atoms with E-state index in [2.05, 4.69) is 44.8 Å². The zero-order valence-electron chi connectivity index (χ0n) is 15.3. The number of rotatable bonds is 10. The Labute approximate surface area is 134 Å². The number of hydrogen-bond donors (Lipinski definition) is 1. The van der Waals surface area contributed by atoms with Gasteiger partial charge in [0, 0.05) is 12.6 Å². The standard InChI is InChI=1S/C19H40N2/c1-6-9-11-21(12-10-7-2)15-18-17(5)13-16(4)14-19(18)20-8-3/h16-20H,6-15H2,1-5H3. The molecular weight excluding hydrogens is 256 g/mol. The molecule has 2 heteroatoms. The summed E-state index contributed by atoms with van der Waals surface area (Å²) in [5, 5.41) is 3.79. The summed E-state index contributed by atoms with van der Waals surface area (Å²) in [5.41, 5.74) is 0. The van der Waals surface area contributed by atoms with Gasteiger partial charge in [0.2, 0.25) is 0 Å². The summed E-state index contributed by atoms with van der Waals surface area (Å²) in [5.74, 6) is 2.60. The van der Waals surface area contributed by atoms with Crippen LogP contribution in [0.4, 0.5) is 0 Å². The Morgan fingerprint density at radius 2 is 1.57 bits per heavy atom. The van der Waals surface area contributed by atoms with Crippen molar-refractivity contribution in [3.63, 3.8) is 0 Å². The van der Waals surface area contributed by atoms with Crippen molar-refractivity contribution in [2.45, 2.75) is 79.2 Å². The maximum Gasteiger partial charge on any atom is 0.0112 e. The second kappa shape index (κ2) is 10.6. The van der Waals surface area contributed by atoms with E-state index in [0.717, 1.165) is 30.3 Å². The molecule has 4 atom stereocenters. The number of nitrogens with zero attached hydrogens (tertiary/aromatic N) is 1. The quantitative estimate of drug-likeness (QED) is 0.636. The van der Waals surface area contributed by atoms with Crippen LogP contribution in [0.15, 0.2) is 0 Å². The molecule has 1 rings (SSSR count). The third-order valence-electron chi connectivity index (χ3n) is 5.27. The fraction of sp³-hybridized carbons (Fsp3) is 1.00. The molecular formula is C19H40N2. The maximum atomic E-state index is 3.79. The molecule has 0 aromatic rings. The zero-order chi connectivity index (χ0) is 15.7. The first kappa shape index (κ1) is 19.0. The van der Waals surface area contributed by atoms with Crippen molar-refractivity contribution in [3.8, 4) is 0 Å². The Bertz CT molecular complexity index is 246. The minimum absolute atomic E-state index is 0.736. The van der Waals surface area contributed by atoms with Crippen LogP contribution in [0.3, 0.4) is 0 Å². The summed E-state index contributed by atoms with van der Waals surface area (Å²) in [7, 11) is 0. The van der Waals surface area contributed by atoms with Crippen LogP contribution in [0.1, 0.15) is 73.1 Å². The molecule has 126 valence electrons. The van der Waals surface area contributed by atoms with Crippen LogP contribution in [-0.2, 0) is 0 Å². The van der Waals surface area contributed by atoms with E-state index in [4.69, 9.17) is 0 Å². The molecule has 0 aliphatic heterocycles. The normalized spacial score (nSPS) is 30.0. The number of unbranched alkanes of at least 4 members (excludes halogenated alkanes) is 2. The lowest BCUT2D eigenvalue weighted by Gasteiger charge is -2.42. The predicted octanol–water partition coefficient (Wildman–Crippen LogP) is 4.55. The predicted molar refractivity (Wildman–Crippen MR) is 94.8 cm³/mol. The van der Waals surface area contributed by atoms with Crippen molar-refractivity contribution in [2.75, 3.05) is 26.2 Å². The molecule has 1 N–H and O–H groups in total. The van der Waals surface area contributed by atoms with E-state index in [1.165, 1.54) is 58.2 Å². The Morgan fingerprint density at radius 1 is 0.952 bits per heavy atom. The van der Waals surface area contributed by atoms with Gasteiger partial charge in [-0.15, -0.1) is 0 Å². The topological polar surface area (TPSA) is 15.3 Å². The highest BCUT2D eigenvalue weighted by molar-refractivity contribution is 4.89. The summed E-state index contributed by atoms with van der Waals surface area (Å²) in [6.07, 6.45) is 8.13. The molecule has 0 aromatic heterocycles. The van der Waals surface area contributed by atoms with Crippen molar-refractivity contribution in [3.05, 3.63) is 0 Å². The molecule has 0 amide bonds. The average molecular weight is 297 g/mol. The summed E-state index contributed by atoms with van der Waals surface area (Å²) >= 11 is 0. The monoisotopic (exact) mass is 296 g/mol. The van der Waals surface area contributed by atoms with E-state index in [9.17, 15) is 0 Å². The minimum Gasteiger partial charge on any atom is -0.314 e. The van der Waals surface area contributed by atoms with Gasteiger partial charge in [-0.05, 0) is 63.1 Å².